The van der Waals surface area contributed by atoms with E-state index in [1.807, 2.05) is 45.9 Å². The summed E-state index contributed by atoms with van der Waals surface area (Å²) in [5.41, 5.74) is 2.60. The van der Waals surface area contributed by atoms with Gasteiger partial charge in [-0.05, 0) is 61.6 Å². The molecule has 4 fully saturated rings. The molecule has 302 valence electrons. The Balaban J connectivity index is 1.18. The number of carbonyl (C=O) groups is 5. The topological polar surface area (TPSA) is 156 Å². The summed E-state index contributed by atoms with van der Waals surface area (Å²) in [5.74, 6) is -2.27. The molecule has 1 saturated carbocycles. The molecule has 0 radical (unpaired) electrons. The number of likely N-dealkylation sites (tertiary alicyclic amines) is 2. The Hall–Kier alpha value is -3.52. The monoisotopic (exact) mass is 783 g/mol. The summed E-state index contributed by atoms with van der Waals surface area (Å²) in [7, 11) is 0. The van der Waals surface area contributed by atoms with Crippen molar-refractivity contribution in [1.82, 2.24) is 25.9 Å². The number of ketones is 1. The second-order valence-electron chi connectivity index (χ2n) is 17.1. The van der Waals surface area contributed by atoms with Gasteiger partial charge in [-0.25, -0.2) is 0 Å². The minimum Gasteiger partial charge on any atom is -0.376 e. The first-order chi connectivity index (χ1) is 26.2. The number of amides is 4. The molecule has 5 aliphatic rings. The number of rotatable bonds is 14. The Bertz CT molecular complexity index is 1610. The van der Waals surface area contributed by atoms with Crippen LogP contribution in [0.3, 0.4) is 0 Å². The highest BCUT2D eigenvalue weighted by Gasteiger charge is 2.54. The first kappa shape index (κ1) is 41.1. The predicted molar refractivity (Wildman–Crippen MR) is 206 cm³/mol. The standard InChI is InChI=1S/C41H58ClN5O8/c1-5-11-31(35(49)38(51)46-22-30(23-46)54-24-29-16-10-17-53-29)43-37(50)33-21-41(20-32(45-55-41)27-14-9-15-28(42)19-27)25-47(33)39(52)36(40(2,3)4)44-34(48)18-26-12-7-6-8-13-26/h9,14-15,19-20,26,29-31,33,36,45H,5-8,10-13,16-18,21-25H2,1-4H3,(H,43,50)(H,44,48)/t29-,31+,33+,36-,41-/m1/s1. The number of halogens is 1. The van der Waals surface area contributed by atoms with Crippen LogP contribution in [-0.2, 0) is 38.3 Å². The van der Waals surface area contributed by atoms with E-state index in [0.29, 0.717) is 43.3 Å². The van der Waals surface area contributed by atoms with Gasteiger partial charge in [0.1, 0.15) is 17.7 Å². The zero-order valence-corrected chi connectivity index (χ0v) is 33.5. The van der Waals surface area contributed by atoms with Gasteiger partial charge in [0.2, 0.25) is 23.5 Å². The lowest BCUT2D eigenvalue weighted by atomic mass is 9.84. The molecule has 1 spiro atoms. The van der Waals surface area contributed by atoms with Crippen LogP contribution in [0.2, 0.25) is 5.02 Å². The van der Waals surface area contributed by atoms with Gasteiger partial charge in [-0.1, -0.05) is 77.1 Å². The van der Waals surface area contributed by atoms with E-state index in [2.05, 4.69) is 16.1 Å². The van der Waals surface area contributed by atoms with Gasteiger partial charge < -0.3 is 29.9 Å². The van der Waals surface area contributed by atoms with E-state index >= 15 is 0 Å². The van der Waals surface area contributed by atoms with Crippen LogP contribution in [0, 0.1) is 11.3 Å². The molecule has 1 aromatic rings. The van der Waals surface area contributed by atoms with Gasteiger partial charge in [-0.2, -0.15) is 0 Å². The van der Waals surface area contributed by atoms with Crippen LogP contribution >= 0.6 is 11.6 Å². The molecule has 14 heteroatoms. The number of nitrogens with one attached hydrogen (secondary N) is 3. The third-order valence-electron chi connectivity index (χ3n) is 11.6. The molecule has 1 aliphatic carbocycles. The second-order valence-corrected chi connectivity index (χ2v) is 17.5. The Morgan fingerprint density at radius 3 is 2.49 bits per heavy atom. The van der Waals surface area contributed by atoms with E-state index in [4.69, 9.17) is 25.9 Å². The van der Waals surface area contributed by atoms with E-state index in [-0.39, 0.29) is 43.4 Å². The summed E-state index contributed by atoms with van der Waals surface area (Å²) >= 11 is 6.28. The molecular formula is C41H58ClN5O8. The van der Waals surface area contributed by atoms with Gasteiger partial charge in [-0.3, -0.25) is 34.3 Å². The fraction of sp³-hybridized carbons (Fsp3) is 0.683. The fourth-order valence-electron chi connectivity index (χ4n) is 8.37. The van der Waals surface area contributed by atoms with Gasteiger partial charge in [0, 0.05) is 43.1 Å². The summed E-state index contributed by atoms with van der Waals surface area (Å²) in [5, 5.41) is 6.43. The van der Waals surface area contributed by atoms with Crippen LogP contribution < -0.4 is 16.1 Å². The number of ether oxygens (including phenoxy) is 2. The highest BCUT2D eigenvalue weighted by atomic mass is 35.5. The van der Waals surface area contributed by atoms with Crippen LogP contribution in [0.1, 0.15) is 104 Å². The summed E-state index contributed by atoms with van der Waals surface area (Å²) < 4.78 is 11.5. The first-order valence-corrected chi connectivity index (χ1v) is 20.5. The molecule has 3 saturated heterocycles. The van der Waals surface area contributed by atoms with Crippen LogP contribution in [0.5, 0.6) is 0 Å². The van der Waals surface area contributed by atoms with Crippen molar-refractivity contribution in [2.75, 3.05) is 32.8 Å². The smallest absolute Gasteiger partial charge is 0.292 e. The average Bonchev–Trinajstić information content (AvgIpc) is 3.90. The third kappa shape index (κ3) is 10.1. The molecular weight excluding hydrogens is 726 g/mol. The van der Waals surface area contributed by atoms with Gasteiger partial charge in [0.05, 0.1) is 37.1 Å². The van der Waals surface area contributed by atoms with Crippen molar-refractivity contribution in [3.05, 3.63) is 40.9 Å². The van der Waals surface area contributed by atoms with Gasteiger partial charge in [-0.15, -0.1) is 0 Å². The van der Waals surface area contributed by atoms with E-state index < -0.39 is 52.6 Å². The molecule has 4 aliphatic heterocycles. The number of Topliss-reactive ketones (excluding diaryl/α,β-unsaturated/α-hetero) is 1. The van der Waals surface area contributed by atoms with E-state index in [1.54, 1.807) is 12.1 Å². The molecule has 6 rings (SSSR count). The van der Waals surface area contributed by atoms with Crippen molar-refractivity contribution < 1.29 is 38.3 Å². The minimum atomic E-state index is -1.10. The first-order valence-electron chi connectivity index (χ1n) is 20.1. The predicted octanol–water partition coefficient (Wildman–Crippen LogP) is 4.32. The Morgan fingerprint density at radius 1 is 1.05 bits per heavy atom. The summed E-state index contributed by atoms with van der Waals surface area (Å²) in [6.45, 7) is 9.33. The molecule has 13 nitrogen and oxygen atoms in total. The summed E-state index contributed by atoms with van der Waals surface area (Å²) in [6.07, 6.45) is 10.3. The highest BCUT2D eigenvalue weighted by Crippen LogP contribution is 2.39. The van der Waals surface area contributed by atoms with Crippen molar-refractivity contribution in [1.29, 1.82) is 0 Å². The molecule has 4 heterocycles. The molecule has 55 heavy (non-hydrogen) atoms. The molecule has 0 bridgehead atoms. The molecule has 5 atom stereocenters. The average molecular weight is 784 g/mol. The summed E-state index contributed by atoms with van der Waals surface area (Å²) in [6, 6.07) is 4.17. The molecule has 3 N–H and O–H groups in total. The largest absolute Gasteiger partial charge is 0.376 e. The Kier molecular flexibility index (Phi) is 13.3. The lowest BCUT2D eigenvalue weighted by Crippen LogP contribution is -2.61. The van der Waals surface area contributed by atoms with Crippen LogP contribution in [-0.4, -0.2) is 108 Å². The quantitative estimate of drug-likeness (QED) is 0.234. The maximum absolute atomic E-state index is 14.7. The van der Waals surface area contributed by atoms with E-state index in [0.717, 1.165) is 50.7 Å². The van der Waals surface area contributed by atoms with E-state index in [1.165, 1.54) is 16.2 Å². The van der Waals surface area contributed by atoms with Crippen molar-refractivity contribution >= 4 is 46.7 Å². The summed E-state index contributed by atoms with van der Waals surface area (Å²) in [4.78, 5) is 78.6. The number of nitrogens with zero attached hydrogens (tertiary/aromatic N) is 2. The van der Waals surface area contributed by atoms with Crippen LogP contribution in [0.4, 0.5) is 0 Å². The zero-order chi connectivity index (χ0) is 39.3. The minimum absolute atomic E-state index is 0.0123. The van der Waals surface area contributed by atoms with Crippen LogP contribution in [0.25, 0.3) is 5.70 Å². The van der Waals surface area contributed by atoms with Crippen molar-refractivity contribution in [2.45, 2.75) is 134 Å². The lowest BCUT2D eigenvalue weighted by Gasteiger charge is -2.39. The van der Waals surface area contributed by atoms with E-state index in [9.17, 15) is 24.0 Å². The molecule has 1 aromatic carbocycles. The Labute approximate surface area is 329 Å². The molecule has 0 unspecified atom stereocenters. The SMILES string of the molecule is CCC[C@H](NC(=O)[C@@H]1C[C@]2(C=C(c3cccc(Cl)c3)NO2)CN1C(=O)[C@@H](NC(=O)CC1CCCCC1)C(C)(C)C)C(=O)C(=O)N1CC(OC[C@H]2CCCO2)C1. The number of hydroxylamine groups is 1. The zero-order valence-electron chi connectivity index (χ0n) is 32.7. The fourth-order valence-corrected chi connectivity index (χ4v) is 8.56. The van der Waals surface area contributed by atoms with Crippen molar-refractivity contribution in [2.24, 2.45) is 11.3 Å². The maximum Gasteiger partial charge on any atom is 0.292 e. The second kappa shape index (κ2) is 17.7. The van der Waals surface area contributed by atoms with Gasteiger partial charge in [0.15, 0.2) is 0 Å². The number of hydrogen-bond donors (Lipinski definition) is 3. The Morgan fingerprint density at radius 2 is 1.82 bits per heavy atom. The van der Waals surface area contributed by atoms with Crippen molar-refractivity contribution in [3.8, 4) is 0 Å². The number of benzene rings is 1. The van der Waals surface area contributed by atoms with Crippen molar-refractivity contribution in [3.63, 3.8) is 0 Å². The molecule has 0 aromatic heterocycles. The number of carbonyl (C=O) groups excluding carboxylic acids is 5. The van der Waals surface area contributed by atoms with Gasteiger partial charge in [0.25, 0.3) is 5.91 Å². The van der Waals surface area contributed by atoms with Crippen LogP contribution in [0.15, 0.2) is 30.3 Å². The highest BCUT2D eigenvalue weighted by molar-refractivity contribution is 6.38. The normalized spacial score (nSPS) is 25.6. The number of hydrogen-bond acceptors (Lipinski definition) is 9. The van der Waals surface area contributed by atoms with Gasteiger partial charge >= 0.3 is 0 Å². The maximum atomic E-state index is 14.7. The third-order valence-corrected chi connectivity index (χ3v) is 11.8. The lowest BCUT2D eigenvalue weighted by molar-refractivity contribution is -0.157. The molecule has 4 amide bonds.